The second-order valence-electron chi connectivity index (χ2n) is 4.34. The van der Waals surface area contributed by atoms with Crippen molar-refractivity contribution in [2.24, 2.45) is 0 Å². The van der Waals surface area contributed by atoms with E-state index in [4.69, 9.17) is 0 Å². The van der Waals surface area contributed by atoms with E-state index in [2.05, 4.69) is 34.7 Å². The van der Waals surface area contributed by atoms with E-state index in [9.17, 15) is 0 Å². The first-order chi connectivity index (χ1) is 7.24. The molecular formula is C12H19N3. The number of piperidine rings is 1. The number of anilines is 1. The Hall–Kier alpha value is -1.09. The number of nitrogens with one attached hydrogen (secondary N) is 2. The molecule has 0 saturated carbocycles. The highest BCUT2D eigenvalue weighted by Gasteiger charge is 2.12. The number of hydrogen-bond donors (Lipinski definition) is 2. The number of rotatable bonds is 2. The molecule has 0 bridgehead atoms. The monoisotopic (exact) mass is 205 g/mol. The van der Waals surface area contributed by atoms with Gasteiger partial charge in [-0.05, 0) is 57.5 Å². The molecule has 1 aliphatic heterocycles. The Morgan fingerprint density at radius 3 is 2.67 bits per heavy atom. The van der Waals surface area contributed by atoms with Crippen LogP contribution < -0.4 is 10.6 Å². The van der Waals surface area contributed by atoms with Crippen LogP contribution in [-0.2, 0) is 0 Å². The summed E-state index contributed by atoms with van der Waals surface area (Å²) in [5.74, 6) is 1.03. The van der Waals surface area contributed by atoms with Gasteiger partial charge in [0.2, 0.25) is 0 Å². The molecule has 0 radical (unpaired) electrons. The maximum absolute atomic E-state index is 4.50. The Balaban J connectivity index is 2.02. The van der Waals surface area contributed by atoms with E-state index in [0.29, 0.717) is 6.04 Å². The van der Waals surface area contributed by atoms with Crippen LogP contribution >= 0.6 is 0 Å². The van der Waals surface area contributed by atoms with E-state index in [0.717, 1.165) is 24.6 Å². The molecule has 0 amide bonds. The Labute approximate surface area is 91.3 Å². The Morgan fingerprint density at radius 1 is 1.27 bits per heavy atom. The predicted octanol–water partition coefficient (Wildman–Crippen LogP) is 1.86. The summed E-state index contributed by atoms with van der Waals surface area (Å²) in [4.78, 5) is 4.50. The van der Waals surface area contributed by atoms with Crippen LogP contribution in [0.25, 0.3) is 0 Å². The van der Waals surface area contributed by atoms with E-state index in [1.54, 1.807) is 0 Å². The minimum Gasteiger partial charge on any atom is -0.367 e. The number of aromatic nitrogens is 1. The van der Waals surface area contributed by atoms with Crippen LogP contribution in [0.2, 0.25) is 0 Å². The fourth-order valence-electron chi connectivity index (χ4n) is 2.09. The minimum absolute atomic E-state index is 0.583. The highest BCUT2D eigenvalue weighted by atomic mass is 15.0. The Kier molecular flexibility index (Phi) is 3.21. The molecule has 0 atom stereocenters. The fraction of sp³-hybridized carbons (Fsp3) is 0.583. The van der Waals surface area contributed by atoms with Crippen molar-refractivity contribution >= 4 is 5.82 Å². The highest BCUT2D eigenvalue weighted by Crippen LogP contribution is 2.13. The van der Waals surface area contributed by atoms with Gasteiger partial charge in [-0.15, -0.1) is 0 Å². The Morgan fingerprint density at radius 2 is 2.00 bits per heavy atom. The van der Waals surface area contributed by atoms with Crippen molar-refractivity contribution in [3.63, 3.8) is 0 Å². The zero-order chi connectivity index (χ0) is 10.7. The van der Waals surface area contributed by atoms with Gasteiger partial charge in [0, 0.05) is 11.7 Å². The molecule has 1 aliphatic rings. The lowest BCUT2D eigenvalue weighted by Crippen LogP contribution is -2.35. The van der Waals surface area contributed by atoms with Crippen LogP contribution in [-0.4, -0.2) is 24.1 Å². The van der Waals surface area contributed by atoms with Crippen molar-refractivity contribution in [3.05, 3.63) is 23.4 Å². The molecule has 0 spiro atoms. The minimum atomic E-state index is 0.583. The molecule has 82 valence electrons. The number of pyridine rings is 1. The first kappa shape index (κ1) is 10.4. The summed E-state index contributed by atoms with van der Waals surface area (Å²) >= 11 is 0. The molecule has 2 N–H and O–H groups in total. The maximum atomic E-state index is 4.50. The van der Waals surface area contributed by atoms with Gasteiger partial charge in [0.25, 0.3) is 0 Å². The van der Waals surface area contributed by atoms with Gasteiger partial charge in [0.15, 0.2) is 0 Å². The SMILES string of the molecule is Cc1cc(C)nc(NC2CCNCC2)c1. The maximum Gasteiger partial charge on any atom is 0.126 e. The van der Waals surface area contributed by atoms with Gasteiger partial charge in [-0.1, -0.05) is 0 Å². The van der Waals surface area contributed by atoms with Crippen molar-refractivity contribution in [1.29, 1.82) is 0 Å². The smallest absolute Gasteiger partial charge is 0.126 e. The van der Waals surface area contributed by atoms with Crippen molar-refractivity contribution in [1.82, 2.24) is 10.3 Å². The summed E-state index contributed by atoms with van der Waals surface area (Å²) < 4.78 is 0. The largest absolute Gasteiger partial charge is 0.367 e. The van der Waals surface area contributed by atoms with E-state index < -0.39 is 0 Å². The fourth-order valence-corrected chi connectivity index (χ4v) is 2.09. The summed E-state index contributed by atoms with van der Waals surface area (Å²) in [7, 11) is 0. The highest BCUT2D eigenvalue weighted by molar-refractivity contribution is 5.40. The molecular weight excluding hydrogens is 186 g/mol. The topological polar surface area (TPSA) is 37.0 Å². The van der Waals surface area contributed by atoms with Crippen molar-refractivity contribution in [3.8, 4) is 0 Å². The van der Waals surface area contributed by atoms with Gasteiger partial charge in [-0.2, -0.15) is 0 Å². The van der Waals surface area contributed by atoms with Gasteiger partial charge in [0.1, 0.15) is 5.82 Å². The van der Waals surface area contributed by atoms with Gasteiger partial charge in [-0.3, -0.25) is 0 Å². The number of aryl methyl sites for hydroxylation is 2. The lowest BCUT2D eigenvalue weighted by molar-refractivity contribution is 0.478. The molecule has 1 aromatic heterocycles. The van der Waals surface area contributed by atoms with E-state index in [-0.39, 0.29) is 0 Å². The van der Waals surface area contributed by atoms with E-state index in [1.165, 1.54) is 18.4 Å². The van der Waals surface area contributed by atoms with Gasteiger partial charge >= 0.3 is 0 Å². The first-order valence-corrected chi connectivity index (χ1v) is 5.66. The molecule has 0 aliphatic carbocycles. The number of hydrogen-bond acceptors (Lipinski definition) is 3. The molecule has 3 heteroatoms. The zero-order valence-corrected chi connectivity index (χ0v) is 9.51. The van der Waals surface area contributed by atoms with Crippen molar-refractivity contribution in [2.75, 3.05) is 18.4 Å². The normalized spacial score (nSPS) is 17.7. The third kappa shape index (κ3) is 2.93. The van der Waals surface area contributed by atoms with Gasteiger partial charge in [0.05, 0.1) is 0 Å². The Bertz CT molecular complexity index is 309. The van der Waals surface area contributed by atoms with Crippen LogP contribution in [0.4, 0.5) is 5.82 Å². The molecule has 0 unspecified atom stereocenters. The van der Waals surface area contributed by atoms with Crippen LogP contribution in [0.1, 0.15) is 24.1 Å². The number of nitrogens with zero attached hydrogens (tertiary/aromatic N) is 1. The quantitative estimate of drug-likeness (QED) is 0.774. The van der Waals surface area contributed by atoms with Crippen LogP contribution in [0.3, 0.4) is 0 Å². The van der Waals surface area contributed by atoms with Crippen LogP contribution in [0.5, 0.6) is 0 Å². The average Bonchev–Trinajstić information content (AvgIpc) is 2.17. The van der Waals surface area contributed by atoms with Crippen LogP contribution in [0.15, 0.2) is 12.1 Å². The molecule has 1 fully saturated rings. The zero-order valence-electron chi connectivity index (χ0n) is 9.51. The average molecular weight is 205 g/mol. The van der Waals surface area contributed by atoms with E-state index >= 15 is 0 Å². The lowest BCUT2D eigenvalue weighted by Gasteiger charge is -2.24. The molecule has 2 rings (SSSR count). The molecule has 1 aromatic rings. The van der Waals surface area contributed by atoms with Gasteiger partial charge < -0.3 is 10.6 Å². The van der Waals surface area contributed by atoms with E-state index in [1.807, 2.05) is 6.92 Å². The second kappa shape index (κ2) is 4.62. The predicted molar refractivity (Wildman–Crippen MR) is 63.2 cm³/mol. The molecule has 2 heterocycles. The van der Waals surface area contributed by atoms with Crippen molar-refractivity contribution in [2.45, 2.75) is 32.7 Å². The lowest BCUT2D eigenvalue weighted by atomic mass is 10.1. The molecule has 15 heavy (non-hydrogen) atoms. The molecule has 3 nitrogen and oxygen atoms in total. The summed E-state index contributed by atoms with van der Waals surface area (Å²) in [6.07, 6.45) is 2.38. The molecule has 1 saturated heterocycles. The standard InChI is InChI=1S/C12H19N3/c1-9-7-10(2)14-12(8-9)15-11-3-5-13-6-4-11/h7-8,11,13H,3-6H2,1-2H3,(H,14,15). The molecule has 0 aromatic carbocycles. The summed E-state index contributed by atoms with van der Waals surface area (Å²) in [6, 6.07) is 4.81. The third-order valence-electron chi connectivity index (χ3n) is 2.79. The summed E-state index contributed by atoms with van der Waals surface area (Å²) in [5, 5.41) is 6.87. The summed E-state index contributed by atoms with van der Waals surface area (Å²) in [5.41, 5.74) is 2.37. The van der Waals surface area contributed by atoms with Gasteiger partial charge in [-0.25, -0.2) is 4.98 Å². The first-order valence-electron chi connectivity index (χ1n) is 5.66. The second-order valence-corrected chi connectivity index (χ2v) is 4.34. The summed E-state index contributed by atoms with van der Waals surface area (Å²) in [6.45, 7) is 6.38. The third-order valence-corrected chi connectivity index (χ3v) is 2.79. The van der Waals surface area contributed by atoms with Crippen molar-refractivity contribution < 1.29 is 0 Å². The van der Waals surface area contributed by atoms with Crippen LogP contribution in [0, 0.1) is 13.8 Å².